The molecular weight excluding hydrogens is 318 g/mol. The lowest BCUT2D eigenvalue weighted by Gasteiger charge is -2.16. The molecule has 4 nitrogen and oxygen atoms in total. The third-order valence-electron chi connectivity index (χ3n) is 3.11. The highest BCUT2D eigenvalue weighted by Crippen LogP contribution is 2.24. The van der Waals surface area contributed by atoms with Gasteiger partial charge in [-0.25, -0.2) is 10.9 Å². The zero-order valence-corrected chi connectivity index (χ0v) is 12.4. The van der Waals surface area contributed by atoms with Crippen LogP contribution in [-0.4, -0.2) is 18.2 Å². The van der Waals surface area contributed by atoms with Crippen LogP contribution in [0.15, 0.2) is 59.6 Å². The van der Waals surface area contributed by atoms with Gasteiger partial charge in [-0.3, -0.25) is 9.79 Å². The fourth-order valence-corrected chi connectivity index (χ4v) is 2.17. The zero-order valence-electron chi connectivity index (χ0n) is 10.7. The Morgan fingerprint density at radius 3 is 2.40 bits per heavy atom. The first-order valence-electron chi connectivity index (χ1n) is 6.04. The highest BCUT2D eigenvalue weighted by Gasteiger charge is 2.22. The largest absolute Gasteiger partial charge is 0.274 e. The van der Waals surface area contributed by atoms with E-state index in [1.54, 1.807) is 0 Å². The maximum absolute atomic E-state index is 11.8. The van der Waals surface area contributed by atoms with Crippen LogP contribution in [0.4, 0.5) is 5.69 Å². The van der Waals surface area contributed by atoms with Crippen LogP contribution in [0.1, 0.15) is 11.1 Å². The maximum Gasteiger partial charge on any atom is 0.262 e. The van der Waals surface area contributed by atoms with Crippen molar-refractivity contribution in [3.05, 3.63) is 65.7 Å². The molecule has 1 heterocycles. The predicted molar refractivity (Wildman–Crippen MR) is 85.4 cm³/mol. The average molecular weight is 332 g/mol. The fourth-order valence-electron chi connectivity index (χ4n) is 2.17. The summed E-state index contributed by atoms with van der Waals surface area (Å²) < 4.78 is 0. The van der Waals surface area contributed by atoms with Crippen LogP contribution in [0.5, 0.6) is 0 Å². The topological polar surface area (TPSA) is 58.7 Å². The molecule has 1 aliphatic heterocycles. The Balaban J connectivity index is 0.00000147. The Hall–Kier alpha value is -1.98. The van der Waals surface area contributed by atoms with Gasteiger partial charge in [-0.05, 0) is 6.07 Å². The third kappa shape index (κ3) is 2.50. The van der Waals surface area contributed by atoms with Crippen LogP contribution in [0.2, 0.25) is 0 Å². The summed E-state index contributed by atoms with van der Waals surface area (Å²) >= 11 is 0. The maximum atomic E-state index is 11.8. The van der Waals surface area contributed by atoms with E-state index in [1.165, 1.54) is 5.01 Å². The van der Waals surface area contributed by atoms with Gasteiger partial charge < -0.3 is 0 Å². The van der Waals surface area contributed by atoms with Gasteiger partial charge >= 0.3 is 0 Å². The monoisotopic (exact) mass is 331 g/mol. The first-order valence-corrected chi connectivity index (χ1v) is 6.04. The summed E-state index contributed by atoms with van der Waals surface area (Å²) in [5.41, 5.74) is 3.35. The summed E-state index contributed by atoms with van der Waals surface area (Å²) in [6.45, 7) is 0.0649. The Bertz CT molecular complexity index is 655. The van der Waals surface area contributed by atoms with Gasteiger partial charge in [0.2, 0.25) is 0 Å². The van der Waals surface area contributed by atoms with E-state index in [9.17, 15) is 4.79 Å². The number of para-hydroxylation sites is 1. The van der Waals surface area contributed by atoms with E-state index in [4.69, 9.17) is 5.84 Å². The standard InChI is InChI=1S/C15H13N3O.BrH/c16-18-13-9-5-4-8-12(13)15(17-10-14(18)19)11-6-2-1-3-7-11;/h1-9H,10,16H2;1H. The number of anilines is 1. The number of nitrogens with two attached hydrogens (primary N) is 1. The van der Waals surface area contributed by atoms with Gasteiger partial charge in [-0.1, -0.05) is 48.5 Å². The summed E-state index contributed by atoms with van der Waals surface area (Å²) in [4.78, 5) is 16.3. The molecule has 0 saturated heterocycles. The Labute approximate surface area is 127 Å². The highest BCUT2D eigenvalue weighted by atomic mass is 79.9. The molecule has 0 unspecified atom stereocenters. The first-order chi connectivity index (χ1) is 9.27. The molecule has 5 heteroatoms. The number of nitrogens with zero attached hydrogens (tertiary/aromatic N) is 2. The molecule has 0 radical (unpaired) electrons. The number of aliphatic imine (C=N–C) groups is 1. The van der Waals surface area contributed by atoms with Gasteiger partial charge in [0.25, 0.3) is 5.91 Å². The zero-order chi connectivity index (χ0) is 13.2. The van der Waals surface area contributed by atoms with Gasteiger partial charge in [0.1, 0.15) is 6.54 Å². The minimum absolute atomic E-state index is 0. The minimum Gasteiger partial charge on any atom is -0.274 e. The van der Waals surface area contributed by atoms with Gasteiger partial charge in [0.05, 0.1) is 11.4 Å². The molecule has 3 rings (SSSR count). The Morgan fingerprint density at radius 2 is 1.65 bits per heavy atom. The number of benzodiazepines with no additional fused rings is 1. The van der Waals surface area contributed by atoms with E-state index in [0.29, 0.717) is 5.69 Å². The molecule has 0 aliphatic carbocycles. The van der Waals surface area contributed by atoms with Crippen LogP contribution in [0.3, 0.4) is 0 Å². The number of hydrogen-bond donors (Lipinski definition) is 1. The van der Waals surface area contributed by atoms with Gasteiger partial charge in [-0.2, -0.15) is 0 Å². The van der Waals surface area contributed by atoms with Crippen LogP contribution in [0, 0.1) is 0 Å². The molecule has 102 valence electrons. The summed E-state index contributed by atoms with van der Waals surface area (Å²) in [7, 11) is 0. The van der Waals surface area contributed by atoms with Crippen molar-refractivity contribution in [3.8, 4) is 0 Å². The summed E-state index contributed by atoms with van der Waals surface area (Å²) in [5.74, 6) is 5.63. The number of amides is 1. The lowest BCUT2D eigenvalue weighted by atomic mass is 10.0. The van der Waals surface area contributed by atoms with Crippen LogP contribution >= 0.6 is 17.0 Å². The molecule has 0 aromatic heterocycles. The lowest BCUT2D eigenvalue weighted by molar-refractivity contribution is -0.117. The van der Waals surface area contributed by atoms with Gasteiger partial charge in [0, 0.05) is 11.1 Å². The molecule has 1 amide bonds. The van der Waals surface area contributed by atoms with Gasteiger partial charge in [-0.15, -0.1) is 17.0 Å². The summed E-state index contributed by atoms with van der Waals surface area (Å²) in [6, 6.07) is 17.4. The summed E-state index contributed by atoms with van der Waals surface area (Å²) in [5, 5.41) is 1.18. The number of hydrogen-bond acceptors (Lipinski definition) is 3. The van der Waals surface area contributed by atoms with Crippen LogP contribution in [0.25, 0.3) is 0 Å². The number of rotatable bonds is 1. The summed E-state index contributed by atoms with van der Waals surface area (Å²) in [6.07, 6.45) is 0. The fraction of sp³-hybridized carbons (Fsp3) is 0.0667. The Morgan fingerprint density at radius 1 is 1.00 bits per heavy atom. The van der Waals surface area contributed by atoms with E-state index >= 15 is 0 Å². The number of halogens is 1. The molecule has 2 N–H and O–H groups in total. The number of carbonyl (C=O) groups excluding carboxylic acids is 1. The van der Waals surface area contributed by atoms with Gasteiger partial charge in [0.15, 0.2) is 0 Å². The van der Waals surface area contributed by atoms with Crippen LogP contribution in [-0.2, 0) is 4.79 Å². The van der Waals surface area contributed by atoms with Crippen molar-refractivity contribution < 1.29 is 4.79 Å². The van der Waals surface area contributed by atoms with E-state index < -0.39 is 0 Å². The quantitative estimate of drug-likeness (QED) is 0.644. The molecule has 1 aliphatic rings. The second-order valence-corrected chi connectivity index (χ2v) is 4.31. The molecular formula is C15H14BrN3O. The molecule has 0 spiro atoms. The molecule has 0 bridgehead atoms. The van der Waals surface area contributed by atoms with E-state index in [-0.39, 0.29) is 29.4 Å². The van der Waals surface area contributed by atoms with E-state index in [2.05, 4.69) is 4.99 Å². The molecule has 2 aromatic carbocycles. The minimum atomic E-state index is -0.210. The van der Waals surface area contributed by atoms with Crippen molar-refractivity contribution in [1.82, 2.24) is 0 Å². The third-order valence-corrected chi connectivity index (χ3v) is 3.11. The highest BCUT2D eigenvalue weighted by molar-refractivity contribution is 8.93. The number of hydrazine groups is 1. The second kappa shape index (κ2) is 5.98. The van der Waals surface area contributed by atoms with Crippen molar-refractivity contribution in [2.45, 2.75) is 0 Å². The predicted octanol–water partition coefficient (Wildman–Crippen LogP) is 2.32. The molecule has 0 fully saturated rings. The van der Waals surface area contributed by atoms with Crippen molar-refractivity contribution in [2.75, 3.05) is 11.6 Å². The van der Waals surface area contributed by atoms with Crippen LogP contribution < -0.4 is 10.9 Å². The number of benzene rings is 2. The van der Waals surface area contributed by atoms with Crippen molar-refractivity contribution in [3.63, 3.8) is 0 Å². The second-order valence-electron chi connectivity index (χ2n) is 4.31. The van der Waals surface area contributed by atoms with Crippen molar-refractivity contribution in [1.29, 1.82) is 0 Å². The first kappa shape index (κ1) is 14.4. The van der Waals surface area contributed by atoms with E-state index in [0.717, 1.165) is 16.8 Å². The smallest absolute Gasteiger partial charge is 0.262 e. The average Bonchev–Trinajstić information content (AvgIpc) is 2.59. The van der Waals surface area contributed by atoms with Crippen molar-refractivity contribution >= 4 is 34.3 Å². The molecule has 2 aromatic rings. The molecule has 20 heavy (non-hydrogen) atoms. The number of fused-ring (bicyclic) bond motifs is 1. The SMILES string of the molecule is Br.NN1C(=O)CN=C(c2ccccc2)c2ccccc21. The van der Waals surface area contributed by atoms with E-state index in [1.807, 2.05) is 54.6 Å². The lowest BCUT2D eigenvalue weighted by Crippen LogP contribution is -2.38. The normalized spacial score (nSPS) is 13.9. The molecule has 0 atom stereocenters. The molecule has 0 saturated carbocycles. The Kier molecular flexibility index (Phi) is 4.32. The van der Waals surface area contributed by atoms with Crippen molar-refractivity contribution in [2.24, 2.45) is 10.8 Å². The number of carbonyl (C=O) groups is 1.